The van der Waals surface area contributed by atoms with Crippen molar-refractivity contribution in [1.82, 2.24) is 30.0 Å². The Balaban J connectivity index is 1.25. The van der Waals surface area contributed by atoms with E-state index in [1.54, 1.807) is 23.1 Å². The molecule has 11 heteroatoms. The van der Waals surface area contributed by atoms with Crippen LogP contribution < -0.4 is 10.6 Å². The summed E-state index contributed by atoms with van der Waals surface area (Å²) in [5.74, 6) is -1.50. The first-order chi connectivity index (χ1) is 18.5. The van der Waals surface area contributed by atoms with Gasteiger partial charge in [-0.1, -0.05) is 6.42 Å². The van der Waals surface area contributed by atoms with Crippen LogP contribution in [-0.4, -0.2) is 74.4 Å². The Hall–Kier alpha value is -4.09. The van der Waals surface area contributed by atoms with Crippen LogP contribution in [0, 0.1) is 5.82 Å². The topological polar surface area (TPSA) is 128 Å². The van der Waals surface area contributed by atoms with Gasteiger partial charge in [-0.3, -0.25) is 14.3 Å². The molecule has 0 saturated carbocycles. The molecule has 198 valence electrons. The second-order valence-corrected chi connectivity index (χ2v) is 9.37. The Morgan fingerprint density at radius 1 is 1.03 bits per heavy atom. The first-order valence-electron chi connectivity index (χ1n) is 12.7. The van der Waals surface area contributed by atoms with Gasteiger partial charge in [0, 0.05) is 42.0 Å². The standard InChI is InChI=1S/C27H30FN7O3/c28-22-5-4-18(26(37)29-6-9-34-7-2-1-3-8-34)13-24(22)33-27(38)20-12-19-14-23(32-25(19)30-15-20)21-16-31-35(17-21)10-11-36/h4-5,12-17,36H,1-3,6-11H2,(H,29,37)(H,30,32)(H,33,38). The SMILES string of the molecule is O=C(NCCN1CCCCC1)c1ccc(F)c(NC(=O)c2cnc3[nH]c(-c4cnn(CCO)c4)cc3c2)c1. The molecule has 4 aromatic rings. The number of aromatic amines is 1. The van der Waals surface area contributed by atoms with Crippen LogP contribution in [0.15, 0.2) is 48.9 Å². The maximum absolute atomic E-state index is 14.5. The number of aliphatic hydroxyl groups is 1. The van der Waals surface area contributed by atoms with E-state index in [9.17, 15) is 14.0 Å². The third kappa shape index (κ3) is 5.90. The summed E-state index contributed by atoms with van der Waals surface area (Å²) in [7, 11) is 0. The third-order valence-corrected chi connectivity index (χ3v) is 6.64. The van der Waals surface area contributed by atoms with Crippen LogP contribution in [0.4, 0.5) is 10.1 Å². The number of benzene rings is 1. The van der Waals surface area contributed by atoms with Gasteiger partial charge in [-0.05, 0) is 56.3 Å². The summed E-state index contributed by atoms with van der Waals surface area (Å²) in [5, 5.41) is 19.4. The van der Waals surface area contributed by atoms with Crippen LogP contribution in [0.1, 0.15) is 40.0 Å². The summed E-state index contributed by atoms with van der Waals surface area (Å²) < 4.78 is 16.1. The molecule has 1 aromatic carbocycles. The van der Waals surface area contributed by atoms with Crippen molar-refractivity contribution in [1.29, 1.82) is 0 Å². The number of halogens is 1. The lowest BCUT2D eigenvalue weighted by Crippen LogP contribution is -2.37. The summed E-state index contributed by atoms with van der Waals surface area (Å²) in [6.07, 6.45) is 8.49. The summed E-state index contributed by atoms with van der Waals surface area (Å²) in [5.41, 5.74) is 2.60. The normalized spacial score (nSPS) is 14.1. The number of nitrogens with zero attached hydrogens (tertiary/aromatic N) is 4. The van der Waals surface area contributed by atoms with Crippen LogP contribution >= 0.6 is 0 Å². The van der Waals surface area contributed by atoms with Crippen LogP contribution in [0.2, 0.25) is 0 Å². The van der Waals surface area contributed by atoms with Gasteiger partial charge in [0.05, 0.1) is 36.3 Å². The highest BCUT2D eigenvalue weighted by molar-refractivity contribution is 6.06. The van der Waals surface area contributed by atoms with E-state index in [0.29, 0.717) is 24.1 Å². The van der Waals surface area contributed by atoms with Crippen molar-refractivity contribution in [3.8, 4) is 11.3 Å². The average molecular weight is 520 g/mol. The highest BCUT2D eigenvalue weighted by Gasteiger charge is 2.16. The summed E-state index contributed by atoms with van der Waals surface area (Å²) in [6, 6.07) is 7.42. The largest absolute Gasteiger partial charge is 0.394 e. The monoisotopic (exact) mass is 519 g/mol. The van der Waals surface area contributed by atoms with E-state index in [1.807, 2.05) is 6.07 Å². The Labute approximate surface area is 218 Å². The number of fused-ring (bicyclic) bond motifs is 1. The molecule has 4 heterocycles. The van der Waals surface area contributed by atoms with Crippen molar-refractivity contribution in [3.05, 3.63) is 65.9 Å². The molecular weight excluding hydrogens is 489 g/mol. The fourth-order valence-corrected chi connectivity index (χ4v) is 4.59. The van der Waals surface area contributed by atoms with Crippen molar-refractivity contribution < 1.29 is 19.1 Å². The lowest BCUT2D eigenvalue weighted by Gasteiger charge is -2.26. The summed E-state index contributed by atoms with van der Waals surface area (Å²) in [4.78, 5) is 35.4. The molecule has 0 atom stereocenters. The number of anilines is 1. The van der Waals surface area contributed by atoms with Gasteiger partial charge in [-0.2, -0.15) is 5.10 Å². The fourth-order valence-electron chi connectivity index (χ4n) is 4.59. The van der Waals surface area contributed by atoms with Gasteiger partial charge in [-0.25, -0.2) is 9.37 Å². The molecule has 1 aliphatic heterocycles. The predicted molar refractivity (Wildman–Crippen MR) is 141 cm³/mol. The molecule has 0 bridgehead atoms. The summed E-state index contributed by atoms with van der Waals surface area (Å²) >= 11 is 0. The Morgan fingerprint density at radius 3 is 2.68 bits per heavy atom. The lowest BCUT2D eigenvalue weighted by molar-refractivity contribution is 0.0945. The Morgan fingerprint density at radius 2 is 1.87 bits per heavy atom. The number of H-pyrrole nitrogens is 1. The van der Waals surface area contributed by atoms with E-state index < -0.39 is 11.7 Å². The Bertz CT molecular complexity index is 1440. The molecule has 2 amide bonds. The minimum Gasteiger partial charge on any atom is -0.394 e. The number of pyridine rings is 1. The highest BCUT2D eigenvalue weighted by Crippen LogP contribution is 2.24. The number of aliphatic hydroxyl groups excluding tert-OH is 1. The number of amides is 2. The number of nitrogens with one attached hydrogen (secondary N) is 3. The van der Waals surface area contributed by atoms with Gasteiger partial charge in [-0.15, -0.1) is 0 Å². The maximum Gasteiger partial charge on any atom is 0.257 e. The molecule has 10 nitrogen and oxygen atoms in total. The number of carbonyl (C=O) groups is 2. The first-order valence-corrected chi connectivity index (χ1v) is 12.7. The molecule has 0 spiro atoms. The summed E-state index contributed by atoms with van der Waals surface area (Å²) in [6.45, 7) is 3.75. The van der Waals surface area contributed by atoms with Crippen molar-refractivity contribution in [2.45, 2.75) is 25.8 Å². The zero-order chi connectivity index (χ0) is 26.5. The fraction of sp³-hybridized carbons (Fsp3) is 0.333. The van der Waals surface area contributed by atoms with Crippen LogP contribution in [0.25, 0.3) is 22.3 Å². The van der Waals surface area contributed by atoms with Gasteiger partial charge in [0.2, 0.25) is 0 Å². The zero-order valence-corrected chi connectivity index (χ0v) is 20.9. The molecule has 38 heavy (non-hydrogen) atoms. The molecule has 3 aromatic heterocycles. The molecule has 0 radical (unpaired) electrons. The molecule has 1 saturated heterocycles. The van der Waals surface area contributed by atoms with E-state index in [2.05, 4.69) is 30.6 Å². The van der Waals surface area contributed by atoms with Crippen molar-refractivity contribution >= 4 is 28.5 Å². The number of rotatable bonds is 9. The smallest absolute Gasteiger partial charge is 0.257 e. The third-order valence-electron chi connectivity index (χ3n) is 6.64. The predicted octanol–water partition coefficient (Wildman–Crippen LogP) is 3.03. The minimum atomic E-state index is -0.638. The van der Waals surface area contributed by atoms with E-state index in [4.69, 9.17) is 5.11 Å². The molecule has 0 aliphatic carbocycles. The number of likely N-dealkylation sites (tertiary alicyclic amines) is 1. The van der Waals surface area contributed by atoms with Gasteiger partial charge >= 0.3 is 0 Å². The molecule has 4 N–H and O–H groups in total. The van der Waals surface area contributed by atoms with Crippen molar-refractivity contribution in [2.24, 2.45) is 0 Å². The van der Waals surface area contributed by atoms with Gasteiger partial charge in [0.25, 0.3) is 11.8 Å². The highest BCUT2D eigenvalue weighted by atomic mass is 19.1. The van der Waals surface area contributed by atoms with Crippen LogP contribution in [0.5, 0.6) is 0 Å². The van der Waals surface area contributed by atoms with E-state index in [1.165, 1.54) is 43.7 Å². The van der Waals surface area contributed by atoms with Gasteiger partial charge < -0.3 is 25.6 Å². The number of carbonyl (C=O) groups excluding carboxylic acids is 2. The van der Waals surface area contributed by atoms with Gasteiger partial charge in [0.1, 0.15) is 11.5 Å². The van der Waals surface area contributed by atoms with Gasteiger partial charge in [0.15, 0.2) is 0 Å². The molecule has 1 aliphatic rings. The molecule has 0 unspecified atom stereocenters. The van der Waals surface area contributed by atoms with E-state index >= 15 is 0 Å². The Kier molecular flexibility index (Phi) is 7.75. The second-order valence-electron chi connectivity index (χ2n) is 9.37. The molecule has 1 fully saturated rings. The van der Waals surface area contributed by atoms with E-state index in [0.717, 1.165) is 30.9 Å². The minimum absolute atomic E-state index is 0.0131. The molecule has 5 rings (SSSR count). The van der Waals surface area contributed by atoms with Crippen LogP contribution in [0.3, 0.4) is 0 Å². The number of hydrogen-bond acceptors (Lipinski definition) is 6. The average Bonchev–Trinajstić information content (AvgIpc) is 3.57. The van der Waals surface area contributed by atoms with Crippen LogP contribution in [-0.2, 0) is 6.54 Å². The van der Waals surface area contributed by atoms with E-state index in [-0.39, 0.29) is 29.3 Å². The maximum atomic E-state index is 14.5. The zero-order valence-electron chi connectivity index (χ0n) is 20.9. The second kappa shape index (κ2) is 11.5. The first kappa shape index (κ1) is 25.6. The number of hydrogen-bond donors (Lipinski definition) is 4. The quantitative estimate of drug-likeness (QED) is 0.269. The molecular formula is C27H30FN7O3. The van der Waals surface area contributed by atoms with Crippen molar-refractivity contribution in [2.75, 3.05) is 38.1 Å². The van der Waals surface area contributed by atoms with Crippen molar-refractivity contribution in [3.63, 3.8) is 0 Å². The number of piperidine rings is 1. The number of aromatic nitrogens is 4. The lowest BCUT2D eigenvalue weighted by atomic mass is 10.1.